The van der Waals surface area contributed by atoms with Crippen molar-refractivity contribution in [2.24, 2.45) is 0 Å². The van der Waals surface area contributed by atoms with Gasteiger partial charge in [-0.3, -0.25) is 14.5 Å². The van der Waals surface area contributed by atoms with Crippen LogP contribution in [0.15, 0.2) is 4.42 Å². The minimum atomic E-state index is -0.535. The van der Waals surface area contributed by atoms with Gasteiger partial charge in [-0.25, -0.2) is 4.79 Å². The number of nitrogens with zero attached hydrogens (tertiary/aromatic N) is 4. The lowest BCUT2D eigenvalue weighted by molar-refractivity contribution is -0.139. The highest BCUT2D eigenvalue weighted by atomic mass is 16.4. The number of imide groups is 1. The van der Waals surface area contributed by atoms with Crippen molar-refractivity contribution in [1.29, 1.82) is 0 Å². The quantitative estimate of drug-likeness (QED) is 0.787. The summed E-state index contributed by atoms with van der Waals surface area (Å²) < 4.78 is 5.37. The standard InChI is InChI=1S/C13H19N5O4/c1-3-9-15-16-10(22-9)7-17(4-2)12(20)8-18-11(19)5-6-14-13(18)21/h3-8H2,1-2H3,(H,14,21). The highest BCUT2D eigenvalue weighted by Gasteiger charge is 2.29. The predicted octanol–water partition coefficient (Wildman–Crippen LogP) is -0.0776. The predicted molar refractivity (Wildman–Crippen MR) is 74.5 cm³/mol. The van der Waals surface area contributed by atoms with Gasteiger partial charge in [-0.15, -0.1) is 10.2 Å². The third-order valence-corrected chi connectivity index (χ3v) is 3.33. The normalized spacial score (nSPS) is 14.9. The van der Waals surface area contributed by atoms with Crippen molar-refractivity contribution in [2.75, 3.05) is 19.6 Å². The molecule has 1 aliphatic heterocycles. The van der Waals surface area contributed by atoms with Crippen LogP contribution >= 0.6 is 0 Å². The van der Waals surface area contributed by atoms with E-state index in [1.807, 2.05) is 6.92 Å². The van der Waals surface area contributed by atoms with Gasteiger partial charge >= 0.3 is 6.03 Å². The molecule has 1 fully saturated rings. The van der Waals surface area contributed by atoms with E-state index >= 15 is 0 Å². The average Bonchev–Trinajstić information content (AvgIpc) is 2.96. The molecule has 0 aromatic carbocycles. The fourth-order valence-corrected chi connectivity index (χ4v) is 2.05. The van der Waals surface area contributed by atoms with Crippen LogP contribution in [0.25, 0.3) is 0 Å². The first-order valence-electron chi connectivity index (χ1n) is 7.22. The first kappa shape index (κ1) is 15.9. The van der Waals surface area contributed by atoms with Gasteiger partial charge in [0.2, 0.25) is 23.6 Å². The number of amides is 4. The number of rotatable bonds is 6. The summed E-state index contributed by atoms with van der Waals surface area (Å²) >= 11 is 0. The number of hydrogen-bond acceptors (Lipinski definition) is 6. The van der Waals surface area contributed by atoms with Crippen molar-refractivity contribution in [1.82, 2.24) is 25.3 Å². The molecule has 0 unspecified atom stereocenters. The molecule has 0 radical (unpaired) electrons. The molecule has 0 bridgehead atoms. The van der Waals surface area contributed by atoms with Crippen molar-refractivity contribution < 1.29 is 18.8 Å². The largest absolute Gasteiger partial charge is 0.423 e. The Bertz CT molecular complexity index is 555. The SMILES string of the molecule is CCc1nnc(CN(CC)C(=O)CN2C(=O)CCNC2=O)o1. The van der Waals surface area contributed by atoms with Crippen molar-refractivity contribution in [2.45, 2.75) is 33.2 Å². The summed E-state index contributed by atoms with van der Waals surface area (Å²) in [6.07, 6.45) is 0.824. The summed E-state index contributed by atoms with van der Waals surface area (Å²) in [6.45, 7) is 4.28. The molecule has 0 spiro atoms. The Hall–Kier alpha value is -2.45. The lowest BCUT2D eigenvalue weighted by atomic mass is 10.3. The molecule has 1 saturated heterocycles. The van der Waals surface area contributed by atoms with Crippen molar-refractivity contribution in [3.05, 3.63) is 11.8 Å². The van der Waals surface area contributed by atoms with E-state index < -0.39 is 6.03 Å². The number of hydrogen-bond donors (Lipinski definition) is 1. The van der Waals surface area contributed by atoms with E-state index in [1.54, 1.807) is 6.92 Å². The van der Waals surface area contributed by atoms with E-state index in [2.05, 4.69) is 15.5 Å². The Morgan fingerprint density at radius 1 is 1.32 bits per heavy atom. The molecule has 9 heteroatoms. The maximum atomic E-state index is 12.3. The first-order chi connectivity index (χ1) is 10.5. The molecule has 0 atom stereocenters. The smallest absolute Gasteiger partial charge is 0.324 e. The highest BCUT2D eigenvalue weighted by molar-refractivity contribution is 6.00. The van der Waals surface area contributed by atoms with Crippen molar-refractivity contribution in [3.63, 3.8) is 0 Å². The van der Waals surface area contributed by atoms with Crippen LogP contribution in [0.3, 0.4) is 0 Å². The summed E-state index contributed by atoms with van der Waals surface area (Å²) in [5.74, 6) is 0.147. The fourth-order valence-electron chi connectivity index (χ4n) is 2.05. The van der Waals surface area contributed by atoms with Gasteiger partial charge in [0.15, 0.2) is 0 Å². The summed E-state index contributed by atoms with van der Waals surface area (Å²) in [5, 5.41) is 10.2. The number of nitrogens with one attached hydrogen (secondary N) is 1. The molecule has 1 N–H and O–H groups in total. The van der Waals surface area contributed by atoms with Crippen LogP contribution in [0.2, 0.25) is 0 Å². The number of aryl methyl sites for hydroxylation is 1. The van der Waals surface area contributed by atoms with Crippen LogP contribution in [-0.2, 0) is 22.6 Å². The Kier molecular flexibility index (Phi) is 5.08. The van der Waals surface area contributed by atoms with Crippen molar-refractivity contribution >= 4 is 17.8 Å². The lowest BCUT2D eigenvalue weighted by Crippen LogP contribution is -2.53. The monoisotopic (exact) mass is 309 g/mol. The molecule has 1 aromatic heterocycles. The minimum Gasteiger partial charge on any atom is -0.423 e. The molecule has 1 aliphatic rings. The molecule has 2 heterocycles. The lowest BCUT2D eigenvalue weighted by Gasteiger charge is -2.27. The van der Waals surface area contributed by atoms with E-state index in [-0.39, 0.29) is 31.3 Å². The highest BCUT2D eigenvalue weighted by Crippen LogP contribution is 2.07. The Morgan fingerprint density at radius 3 is 2.64 bits per heavy atom. The van der Waals surface area contributed by atoms with Crippen LogP contribution in [0.4, 0.5) is 4.79 Å². The number of urea groups is 1. The van der Waals surface area contributed by atoms with Gasteiger partial charge in [0.25, 0.3) is 0 Å². The van der Waals surface area contributed by atoms with Crippen LogP contribution < -0.4 is 5.32 Å². The third kappa shape index (κ3) is 3.60. The zero-order chi connectivity index (χ0) is 16.1. The maximum Gasteiger partial charge on any atom is 0.324 e. The Balaban J connectivity index is 1.99. The second-order valence-electron chi connectivity index (χ2n) is 4.81. The van der Waals surface area contributed by atoms with E-state index in [9.17, 15) is 14.4 Å². The Labute approximate surface area is 127 Å². The Morgan fingerprint density at radius 2 is 2.05 bits per heavy atom. The number of likely N-dealkylation sites (N-methyl/N-ethyl adjacent to an activating group) is 1. The molecule has 22 heavy (non-hydrogen) atoms. The molecule has 1 aromatic rings. The van der Waals surface area contributed by atoms with Crippen LogP contribution in [-0.4, -0.2) is 57.5 Å². The van der Waals surface area contributed by atoms with Crippen molar-refractivity contribution in [3.8, 4) is 0 Å². The van der Waals surface area contributed by atoms with Crippen LogP contribution in [0, 0.1) is 0 Å². The van der Waals surface area contributed by atoms with E-state index in [0.29, 0.717) is 31.3 Å². The summed E-state index contributed by atoms with van der Waals surface area (Å²) in [4.78, 5) is 38.0. The van der Waals surface area contributed by atoms with E-state index in [0.717, 1.165) is 4.90 Å². The molecule has 2 rings (SSSR count). The molecule has 0 aliphatic carbocycles. The first-order valence-corrected chi connectivity index (χ1v) is 7.22. The maximum absolute atomic E-state index is 12.3. The zero-order valence-corrected chi connectivity index (χ0v) is 12.7. The van der Waals surface area contributed by atoms with Crippen LogP contribution in [0.1, 0.15) is 32.0 Å². The molecule has 9 nitrogen and oxygen atoms in total. The fraction of sp³-hybridized carbons (Fsp3) is 0.615. The third-order valence-electron chi connectivity index (χ3n) is 3.33. The molecular formula is C13H19N5O4. The average molecular weight is 309 g/mol. The second-order valence-corrected chi connectivity index (χ2v) is 4.81. The summed E-state index contributed by atoms with van der Waals surface area (Å²) in [5.41, 5.74) is 0. The van der Waals surface area contributed by atoms with Gasteiger partial charge in [-0.2, -0.15) is 0 Å². The molecular weight excluding hydrogens is 290 g/mol. The van der Waals surface area contributed by atoms with Gasteiger partial charge in [0.05, 0.1) is 6.54 Å². The number of aromatic nitrogens is 2. The van der Waals surface area contributed by atoms with Gasteiger partial charge < -0.3 is 14.6 Å². The topological polar surface area (TPSA) is 109 Å². The van der Waals surface area contributed by atoms with E-state index in [1.165, 1.54) is 4.90 Å². The molecule has 120 valence electrons. The summed E-state index contributed by atoms with van der Waals surface area (Å²) in [6, 6.07) is -0.535. The molecule has 0 saturated carbocycles. The van der Waals surface area contributed by atoms with Gasteiger partial charge in [0, 0.05) is 25.9 Å². The number of carbonyl (C=O) groups is 3. The van der Waals surface area contributed by atoms with E-state index in [4.69, 9.17) is 4.42 Å². The van der Waals surface area contributed by atoms with Crippen LogP contribution in [0.5, 0.6) is 0 Å². The van der Waals surface area contributed by atoms with Gasteiger partial charge in [-0.1, -0.05) is 6.92 Å². The number of carbonyl (C=O) groups excluding carboxylic acids is 3. The van der Waals surface area contributed by atoms with Gasteiger partial charge in [-0.05, 0) is 6.92 Å². The molecule has 4 amide bonds. The van der Waals surface area contributed by atoms with Gasteiger partial charge in [0.1, 0.15) is 6.54 Å². The zero-order valence-electron chi connectivity index (χ0n) is 12.7. The minimum absolute atomic E-state index is 0.159. The summed E-state index contributed by atoms with van der Waals surface area (Å²) in [7, 11) is 0. The second kappa shape index (κ2) is 7.01.